The van der Waals surface area contributed by atoms with Crippen molar-refractivity contribution in [3.63, 3.8) is 0 Å². The van der Waals surface area contributed by atoms with Crippen LogP contribution in [-0.2, 0) is 0 Å². The van der Waals surface area contributed by atoms with E-state index < -0.39 is 17.5 Å². The normalized spacial score (nSPS) is 10.8. The van der Waals surface area contributed by atoms with Gasteiger partial charge in [0.05, 0.1) is 23.8 Å². The average Bonchev–Trinajstić information content (AvgIpc) is 2.85. The maximum Gasteiger partial charge on any atom is 0.255 e. The molecule has 0 saturated heterocycles. The van der Waals surface area contributed by atoms with Gasteiger partial charge in [-0.3, -0.25) is 4.79 Å². The van der Waals surface area contributed by atoms with Crippen LogP contribution in [-0.4, -0.2) is 25.7 Å². The summed E-state index contributed by atoms with van der Waals surface area (Å²) in [6.45, 7) is 5.78. The van der Waals surface area contributed by atoms with Gasteiger partial charge in [-0.1, -0.05) is 0 Å². The van der Waals surface area contributed by atoms with Gasteiger partial charge in [-0.25, -0.2) is 23.4 Å². The Hall–Kier alpha value is -3.16. The molecule has 3 aromatic rings. The lowest BCUT2D eigenvalue weighted by Crippen LogP contribution is -2.13. The van der Waals surface area contributed by atoms with Gasteiger partial charge in [0.2, 0.25) is 0 Å². The van der Waals surface area contributed by atoms with E-state index in [1.165, 1.54) is 18.5 Å². The van der Waals surface area contributed by atoms with Gasteiger partial charge in [0, 0.05) is 11.3 Å². The van der Waals surface area contributed by atoms with E-state index in [0.29, 0.717) is 11.6 Å². The van der Waals surface area contributed by atoms with Crippen molar-refractivity contribution in [3.05, 3.63) is 64.7 Å². The minimum Gasteiger partial charge on any atom is -0.319 e. The van der Waals surface area contributed by atoms with E-state index in [2.05, 4.69) is 20.4 Å². The minimum atomic E-state index is -1.08. The molecule has 2 aromatic heterocycles. The molecular formula is C17H15F2N5O. The molecule has 0 atom stereocenters. The molecule has 1 aromatic carbocycles. The minimum absolute atomic E-state index is 0.00264. The zero-order valence-electron chi connectivity index (χ0n) is 13.8. The SMILES string of the molecule is Cc1nn(-c2ncc(NC(=O)c3ccc(F)c(F)c3)cn2)c(C)c1C. The predicted molar refractivity (Wildman–Crippen MR) is 87.7 cm³/mol. The largest absolute Gasteiger partial charge is 0.319 e. The second kappa shape index (κ2) is 6.39. The molecule has 0 saturated carbocycles. The van der Waals surface area contributed by atoms with Crippen LogP contribution in [0.25, 0.3) is 5.95 Å². The molecule has 0 fully saturated rings. The van der Waals surface area contributed by atoms with Crippen molar-refractivity contribution < 1.29 is 13.6 Å². The maximum atomic E-state index is 13.2. The number of halogens is 2. The summed E-state index contributed by atoms with van der Waals surface area (Å²) in [4.78, 5) is 20.4. The van der Waals surface area contributed by atoms with E-state index in [9.17, 15) is 13.6 Å². The molecule has 0 unspecified atom stereocenters. The molecule has 0 aliphatic carbocycles. The molecule has 0 aliphatic heterocycles. The second-order valence-electron chi connectivity index (χ2n) is 5.56. The highest BCUT2D eigenvalue weighted by Crippen LogP contribution is 2.15. The van der Waals surface area contributed by atoms with Crippen LogP contribution in [0.1, 0.15) is 27.3 Å². The van der Waals surface area contributed by atoms with Crippen LogP contribution < -0.4 is 5.32 Å². The number of carbonyl (C=O) groups excluding carboxylic acids is 1. The number of nitrogens with zero attached hydrogens (tertiary/aromatic N) is 4. The van der Waals surface area contributed by atoms with Crippen molar-refractivity contribution in [2.45, 2.75) is 20.8 Å². The molecule has 1 amide bonds. The fourth-order valence-corrected chi connectivity index (χ4v) is 2.25. The highest BCUT2D eigenvalue weighted by atomic mass is 19.2. The number of aryl methyl sites for hydroxylation is 1. The lowest BCUT2D eigenvalue weighted by Gasteiger charge is -2.07. The third-order valence-electron chi connectivity index (χ3n) is 3.92. The van der Waals surface area contributed by atoms with E-state index in [4.69, 9.17) is 0 Å². The highest BCUT2D eigenvalue weighted by molar-refractivity contribution is 6.04. The molecule has 3 rings (SSSR count). The summed E-state index contributed by atoms with van der Waals surface area (Å²) in [6, 6.07) is 2.93. The molecule has 1 N–H and O–H groups in total. The van der Waals surface area contributed by atoms with Crippen LogP contribution in [0, 0.1) is 32.4 Å². The van der Waals surface area contributed by atoms with Gasteiger partial charge in [0.1, 0.15) is 0 Å². The van der Waals surface area contributed by atoms with Gasteiger partial charge in [-0.15, -0.1) is 0 Å². The summed E-state index contributed by atoms with van der Waals surface area (Å²) in [5.41, 5.74) is 3.20. The standard InChI is InChI=1S/C17H15F2N5O/c1-9-10(2)23-24(11(9)3)17-20-7-13(8-21-17)22-16(25)12-4-5-14(18)15(19)6-12/h4-8H,1-3H3,(H,22,25). The Morgan fingerprint density at radius 3 is 2.32 bits per heavy atom. The predicted octanol–water partition coefficient (Wildman–Crippen LogP) is 3.12. The molecular weight excluding hydrogens is 328 g/mol. The zero-order chi connectivity index (χ0) is 18.1. The van der Waals surface area contributed by atoms with Crippen molar-refractivity contribution in [2.75, 3.05) is 5.32 Å². The second-order valence-corrected chi connectivity index (χ2v) is 5.56. The van der Waals surface area contributed by atoms with Gasteiger partial charge in [0.15, 0.2) is 11.6 Å². The van der Waals surface area contributed by atoms with Crippen LogP contribution >= 0.6 is 0 Å². The van der Waals surface area contributed by atoms with Gasteiger partial charge in [-0.05, 0) is 44.5 Å². The Morgan fingerprint density at radius 2 is 1.76 bits per heavy atom. The zero-order valence-corrected chi connectivity index (χ0v) is 13.8. The average molecular weight is 343 g/mol. The lowest BCUT2D eigenvalue weighted by molar-refractivity contribution is 0.102. The van der Waals surface area contributed by atoms with Gasteiger partial charge >= 0.3 is 0 Å². The van der Waals surface area contributed by atoms with E-state index in [1.807, 2.05) is 20.8 Å². The molecule has 2 heterocycles. The van der Waals surface area contributed by atoms with E-state index in [1.54, 1.807) is 4.68 Å². The Balaban J connectivity index is 1.79. The van der Waals surface area contributed by atoms with Crippen molar-refractivity contribution in [1.29, 1.82) is 0 Å². The van der Waals surface area contributed by atoms with Crippen LogP contribution in [0.4, 0.5) is 14.5 Å². The van der Waals surface area contributed by atoms with Gasteiger partial charge < -0.3 is 5.32 Å². The first-order valence-electron chi connectivity index (χ1n) is 7.48. The van der Waals surface area contributed by atoms with Crippen LogP contribution in [0.2, 0.25) is 0 Å². The summed E-state index contributed by atoms with van der Waals surface area (Å²) in [5.74, 6) is -2.31. The van der Waals surface area contributed by atoms with Crippen molar-refractivity contribution in [1.82, 2.24) is 19.7 Å². The van der Waals surface area contributed by atoms with Gasteiger partial charge in [0.25, 0.3) is 11.9 Å². The fraction of sp³-hybridized carbons (Fsp3) is 0.176. The Bertz CT molecular complexity index is 950. The lowest BCUT2D eigenvalue weighted by atomic mass is 10.2. The van der Waals surface area contributed by atoms with E-state index in [-0.39, 0.29) is 5.56 Å². The monoisotopic (exact) mass is 343 g/mol. The molecule has 0 radical (unpaired) electrons. The molecule has 0 spiro atoms. The third-order valence-corrected chi connectivity index (χ3v) is 3.92. The number of carbonyl (C=O) groups is 1. The number of anilines is 1. The summed E-state index contributed by atoms with van der Waals surface area (Å²) in [5, 5.41) is 6.90. The highest BCUT2D eigenvalue weighted by Gasteiger charge is 2.13. The van der Waals surface area contributed by atoms with Crippen LogP contribution in [0.3, 0.4) is 0 Å². The number of aromatic nitrogens is 4. The summed E-state index contributed by atoms with van der Waals surface area (Å²) >= 11 is 0. The number of benzene rings is 1. The quantitative estimate of drug-likeness (QED) is 0.793. The van der Waals surface area contributed by atoms with E-state index in [0.717, 1.165) is 29.1 Å². The number of amides is 1. The molecule has 128 valence electrons. The van der Waals surface area contributed by atoms with Crippen LogP contribution in [0.5, 0.6) is 0 Å². The smallest absolute Gasteiger partial charge is 0.255 e. The van der Waals surface area contributed by atoms with Crippen molar-refractivity contribution >= 4 is 11.6 Å². The van der Waals surface area contributed by atoms with E-state index >= 15 is 0 Å². The Labute approximate surface area is 142 Å². The first kappa shape index (κ1) is 16.7. The number of hydrogen-bond acceptors (Lipinski definition) is 4. The van der Waals surface area contributed by atoms with Crippen LogP contribution in [0.15, 0.2) is 30.6 Å². The third kappa shape index (κ3) is 3.23. The summed E-state index contributed by atoms with van der Waals surface area (Å²) in [6.07, 6.45) is 2.85. The molecule has 0 aliphatic rings. The summed E-state index contributed by atoms with van der Waals surface area (Å²) in [7, 11) is 0. The molecule has 8 heteroatoms. The van der Waals surface area contributed by atoms with Crippen molar-refractivity contribution in [2.24, 2.45) is 0 Å². The Kier molecular flexibility index (Phi) is 4.26. The van der Waals surface area contributed by atoms with Crippen molar-refractivity contribution in [3.8, 4) is 5.95 Å². The number of nitrogens with one attached hydrogen (secondary N) is 1. The summed E-state index contributed by atoms with van der Waals surface area (Å²) < 4.78 is 27.7. The first-order chi connectivity index (χ1) is 11.9. The number of rotatable bonds is 3. The topological polar surface area (TPSA) is 72.7 Å². The molecule has 25 heavy (non-hydrogen) atoms. The Morgan fingerprint density at radius 1 is 1.08 bits per heavy atom. The molecule has 6 nitrogen and oxygen atoms in total. The number of hydrogen-bond donors (Lipinski definition) is 1. The molecule has 0 bridgehead atoms. The first-order valence-corrected chi connectivity index (χ1v) is 7.48. The maximum absolute atomic E-state index is 13.2. The fourth-order valence-electron chi connectivity index (χ4n) is 2.25. The van der Waals surface area contributed by atoms with Gasteiger partial charge in [-0.2, -0.15) is 5.10 Å².